The van der Waals surface area contributed by atoms with Gasteiger partial charge in [0.15, 0.2) is 0 Å². The van der Waals surface area contributed by atoms with Crippen LogP contribution < -0.4 is 10.6 Å². The average Bonchev–Trinajstić information content (AvgIpc) is 2.59. The van der Waals surface area contributed by atoms with Crippen molar-refractivity contribution in [2.45, 2.75) is 13.8 Å². The van der Waals surface area contributed by atoms with E-state index in [-0.39, 0.29) is 0 Å². The third-order valence-electron chi connectivity index (χ3n) is 4.05. The lowest BCUT2D eigenvalue weighted by Crippen LogP contribution is -2.11. The van der Waals surface area contributed by atoms with Crippen LogP contribution in [0.3, 0.4) is 0 Å². The molecule has 0 aliphatic carbocycles. The Morgan fingerprint density at radius 2 is 1.83 bits per heavy atom. The van der Waals surface area contributed by atoms with Crippen molar-refractivity contribution < 1.29 is 4.74 Å². The molecule has 0 bridgehead atoms. The Labute approximate surface area is 142 Å². The summed E-state index contributed by atoms with van der Waals surface area (Å²) in [5.74, 6) is 1.40. The summed E-state index contributed by atoms with van der Waals surface area (Å²) >= 11 is 0. The Bertz CT molecular complexity index is 848. The summed E-state index contributed by atoms with van der Waals surface area (Å²) in [5.41, 5.74) is 4.36. The number of anilines is 3. The van der Waals surface area contributed by atoms with E-state index in [1.54, 1.807) is 7.11 Å². The molecule has 1 heterocycles. The number of methoxy groups -OCH3 is 1. The molecule has 2 aromatic carbocycles. The van der Waals surface area contributed by atoms with E-state index in [9.17, 15) is 0 Å². The zero-order valence-electron chi connectivity index (χ0n) is 14.3. The minimum atomic E-state index is 0.585. The summed E-state index contributed by atoms with van der Waals surface area (Å²) in [7, 11) is 1.69. The highest BCUT2D eigenvalue weighted by atomic mass is 16.5. The molecule has 0 atom stereocenters. The average molecular weight is 322 g/mol. The number of ether oxygens (including phenoxy) is 1. The molecule has 0 amide bonds. The highest BCUT2D eigenvalue weighted by molar-refractivity contribution is 5.90. The van der Waals surface area contributed by atoms with Crippen LogP contribution in [-0.4, -0.2) is 30.2 Å². The summed E-state index contributed by atoms with van der Waals surface area (Å²) in [4.78, 5) is 9.29. The second-order valence-electron chi connectivity index (χ2n) is 5.71. The van der Waals surface area contributed by atoms with Crippen LogP contribution >= 0.6 is 0 Å². The molecular weight excluding hydrogens is 300 g/mol. The van der Waals surface area contributed by atoms with Crippen LogP contribution in [0.2, 0.25) is 0 Å². The first-order chi connectivity index (χ1) is 11.7. The predicted octanol–water partition coefficient (Wildman–Crippen LogP) is 4.05. The Kier molecular flexibility index (Phi) is 4.91. The van der Waals surface area contributed by atoms with Gasteiger partial charge in [-0.3, -0.25) is 0 Å². The molecule has 3 aromatic rings. The zero-order chi connectivity index (χ0) is 16.9. The molecule has 5 heteroatoms. The minimum Gasteiger partial charge on any atom is -0.383 e. The Balaban J connectivity index is 1.97. The van der Waals surface area contributed by atoms with Crippen molar-refractivity contribution in [3.8, 4) is 0 Å². The largest absolute Gasteiger partial charge is 0.383 e. The lowest BCUT2D eigenvalue weighted by Gasteiger charge is -2.13. The number of para-hydroxylation sites is 1. The smallest absolute Gasteiger partial charge is 0.229 e. The van der Waals surface area contributed by atoms with E-state index >= 15 is 0 Å². The normalized spacial score (nSPS) is 10.8. The maximum Gasteiger partial charge on any atom is 0.229 e. The highest BCUT2D eigenvalue weighted by Crippen LogP contribution is 2.25. The monoisotopic (exact) mass is 322 g/mol. The molecule has 124 valence electrons. The van der Waals surface area contributed by atoms with E-state index in [4.69, 9.17) is 4.74 Å². The van der Waals surface area contributed by atoms with Gasteiger partial charge < -0.3 is 15.4 Å². The van der Waals surface area contributed by atoms with Crippen molar-refractivity contribution in [3.05, 3.63) is 53.6 Å². The van der Waals surface area contributed by atoms with Crippen molar-refractivity contribution >= 4 is 28.4 Å². The molecule has 0 aliphatic rings. The van der Waals surface area contributed by atoms with E-state index in [1.165, 1.54) is 11.1 Å². The number of hydrogen-bond acceptors (Lipinski definition) is 5. The van der Waals surface area contributed by atoms with Crippen LogP contribution in [-0.2, 0) is 4.74 Å². The fourth-order valence-corrected chi connectivity index (χ4v) is 2.55. The van der Waals surface area contributed by atoms with E-state index in [2.05, 4.69) is 40.5 Å². The Hall–Kier alpha value is -2.66. The second kappa shape index (κ2) is 7.27. The summed E-state index contributed by atoms with van der Waals surface area (Å²) < 4.78 is 5.11. The first kappa shape index (κ1) is 16.2. The highest BCUT2D eigenvalue weighted by Gasteiger charge is 2.09. The maximum absolute atomic E-state index is 5.11. The molecule has 0 saturated carbocycles. The van der Waals surface area contributed by atoms with Crippen molar-refractivity contribution in [1.82, 2.24) is 9.97 Å². The summed E-state index contributed by atoms with van der Waals surface area (Å²) in [6, 6.07) is 14.2. The van der Waals surface area contributed by atoms with Gasteiger partial charge in [-0.2, -0.15) is 4.98 Å². The number of benzene rings is 2. The van der Waals surface area contributed by atoms with Crippen LogP contribution in [0.1, 0.15) is 11.1 Å². The molecule has 3 rings (SSSR count). The van der Waals surface area contributed by atoms with Crippen molar-refractivity contribution in [2.75, 3.05) is 30.9 Å². The molecule has 1 aromatic heterocycles. The van der Waals surface area contributed by atoms with Crippen molar-refractivity contribution in [3.63, 3.8) is 0 Å². The Morgan fingerprint density at radius 1 is 1.00 bits per heavy atom. The third kappa shape index (κ3) is 3.46. The molecular formula is C19H22N4O. The summed E-state index contributed by atoms with van der Waals surface area (Å²) in [6.45, 7) is 5.51. The van der Waals surface area contributed by atoms with Gasteiger partial charge in [0.25, 0.3) is 0 Å². The number of nitrogens with one attached hydrogen (secondary N) is 2. The van der Waals surface area contributed by atoms with Gasteiger partial charge in [-0.05, 0) is 43.2 Å². The lowest BCUT2D eigenvalue weighted by atomic mass is 10.1. The lowest BCUT2D eigenvalue weighted by molar-refractivity contribution is 0.210. The predicted molar refractivity (Wildman–Crippen MR) is 99.1 cm³/mol. The molecule has 0 spiro atoms. The van der Waals surface area contributed by atoms with Crippen LogP contribution in [0, 0.1) is 13.8 Å². The molecule has 2 N–H and O–H groups in total. The molecule has 24 heavy (non-hydrogen) atoms. The molecule has 0 saturated heterocycles. The standard InChI is InChI=1S/C19H22N4O/c1-13-7-6-10-16(14(13)2)21-19-22-17-9-5-4-8-15(17)18(23-19)20-11-12-24-3/h4-10H,11-12H2,1-3H3,(H2,20,21,22,23). The Morgan fingerprint density at radius 3 is 2.67 bits per heavy atom. The summed E-state index contributed by atoms with van der Waals surface area (Å²) in [6.07, 6.45) is 0. The van der Waals surface area contributed by atoms with Crippen molar-refractivity contribution in [1.29, 1.82) is 0 Å². The number of fused-ring (bicyclic) bond motifs is 1. The molecule has 0 radical (unpaired) electrons. The third-order valence-corrected chi connectivity index (χ3v) is 4.05. The number of nitrogens with zero attached hydrogens (tertiary/aromatic N) is 2. The number of rotatable bonds is 6. The van der Waals surface area contributed by atoms with Crippen LogP contribution in [0.4, 0.5) is 17.5 Å². The van der Waals surface area contributed by atoms with Gasteiger partial charge in [0.1, 0.15) is 5.82 Å². The van der Waals surface area contributed by atoms with Gasteiger partial charge in [0.2, 0.25) is 5.95 Å². The number of hydrogen-bond donors (Lipinski definition) is 2. The minimum absolute atomic E-state index is 0.585. The van der Waals surface area contributed by atoms with E-state index in [1.807, 2.05) is 36.4 Å². The van der Waals surface area contributed by atoms with Gasteiger partial charge in [0, 0.05) is 24.7 Å². The quantitative estimate of drug-likeness (QED) is 0.671. The van der Waals surface area contributed by atoms with Crippen LogP contribution in [0.25, 0.3) is 10.9 Å². The van der Waals surface area contributed by atoms with Gasteiger partial charge >= 0.3 is 0 Å². The van der Waals surface area contributed by atoms with Crippen LogP contribution in [0.5, 0.6) is 0 Å². The van der Waals surface area contributed by atoms with Gasteiger partial charge in [-0.15, -0.1) is 0 Å². The SMILES string of the molecule is COCCNc1nc(Nc2cccc(C)c2C)nc2ccccc12. The van der Waals surface area contributed by atoms with Gasteiger partial charge in [0.05, 0.1) is 12.1 Å². The van der Waals surface area contributed by atoms with Crippen molar-refractivity contribution in [2.24, 2.45) is 0 Å². The summed E-state index contributed by atoms with van der Waals surface area (Å²) in [5, 5.41) is 7.67. The van der Waals surface area contributed by atoms with Crippen LogP contribution in [0.15, 0.2) is 42.5 Å². The fourth-order valence-electron chi connectivity index (χ4n) is 2.55. The fraction of sp³-hybridized carbons (Fsp3) is 0.263. The van der Waals surface area contributed by atoms with Gasteiger partial charge in [-0.25, -0.2) is 4.98 Å². The first-order valence-corrected chi connectivity index (χ1v) is 8.02. The number of aryl methyl sites for hydroxylation is 1. The second-order valence-corrected chi connectivity index (χ2v) is 5.71. The molecule has 0 unspecified atom stereocenters. The van der Waals surface area contributed by atoms with E-state index in [0.717, 1.165) is 22.4 Å². The zero-order valence-corrected chi connectivity index (χ0v) is 14.3. The van der Waals surface area contributed by atoms with E-state index in [0.29, 0.717) is 19.1 Å². The molecule has 0 aliphatic heterocycles. The van der Waals surface area contributed by atoms with E-state index < -0.39 is 0 Å². The molecule has 5 nitrogen and oxygen atoms in total. The topological polar surface area (TPSA) is 59.1 Å². The first-order valence-electron chi connectivity index (χ1n) is 8.02. The molecule has 0 fully saturated rings. The van der Waals surface area contributed by atoms with Gasteiger partial charge in [-0.1, -0.05) is 24.3 Å². The number of aromatic nitrogens is 2. The maximum atomic E-state index is 5.11.